The molecule has 0 aliphatic carbocycles. The lowest BCUT2D eigenvalue weighted by molar-refractivity contribution is 0.482. The number of nitrogens with zero attached hydrogens (tertiary/aromatic N) is 2. The quantitative estimate of drug-likeness (QED) is 0.666. The first-order valence-corrected chi connectivity index (χ1v) is 6.09. The fourth-order valence-electron chi connectivity index (χ4n) is 2.42. The maximum atomic E-state index is 5.98. The summed E-state index contributed by atoms with van der Waals surface area (Å²) in [5.74, 6) is 0.908. The van der Waals surface area contributed by atoms with Crippen LogP contribution in [0.4, 0.5) is 17.2 Å². The van der Waals surface area contributed by atoms with Gasteiger partial charge in [0.25, 0.3) is 0 Å². The molecule has 5 N–H and O–H groups in total. The highest BCUT2D eigenvalue weighted by molar-refractivity contribution is 5.62. The van der Waals surface area contributed by atoms with Gasteiger partial charge in [0, 0.05) is 12.2 Å². The summed E-state index contributed by atoms with van der Waals surface area (Å²) in [6.07, 6.45) is 2.68. The number of fused-ring (bicyclic) bond motifs is 1. The second kappa shape index (κ2) is 3.94. The second-order valence-electron chi connectivity index (χ2n) is 4.74. The SMILES string of the molecule is Cc1ccc(C2CCNc3c(N)cnn32)cc1N. The van der Waals surface area contributed by atoms with Crippen LogP contribution >= 0.6 is 0 Å². The number of rotatable bonds is 1. The van der Waals surface area contributed by atoms with Crippen molar-refractivity contribution in [2.24, 2.45) is 0 Å². The van der Waals surface area contributed by atoms with Crippen LogP contribution in [0.1, 0.15) is 23.6 Å². The van der Waals surface area contributed by atoms with Crippen molar-refractivity contribution in [2.75, 3.05) is 23.3 Å². The molecule has 1 aromatic carbocycles. The summed E-state index contributed by atoms with van der Waals surface area (Å²) in [6.45, 7) is 2.91. The third-order valence-corrected chi connectivity index (χ3v) is 3.52. The molecule has 1 aliphatic heterocycles. The molecule has 1 aliphatic rings. The number of hydrogen-bond acceptors (Lipinski definition) is 4. The molecule has 1 aromatic heterocycles. The summed E-state index contributed by atoms with van der Waals surface area (Å²) in [7, 11) is 0. The van der Waals surface area contributed by atoms with E-state index in [1.54, 1.807) is 6.20 Å². The number of hydrogen-bond donors (Lipinski definition) is 3. The van der Waals surface area contributed by atoms with Crippen molar-refractivity contribution in [3.05, 3.63) is 35.5 Å². The van der Waals surface area contributed by atoms with E-state index in [0.717, 1.165) is 30.0 Å². The number of anilines is 3. The van der Waals surface area contributed by atoms with Gasteiger partial charge in [0.1, 0.15) is 5.82 Å². The van der Waals surface area contributed by atoms with E-state index < -0.39 is 0 Å². The van der Waals surface area contributed by atoms with Gasteiger partial charge in [-0.15, -0.1) is 0 Å². The number of nitrogen functional groups attached to an aromatic ring is 2. The van der Waals surface area contributed by atoms with E-state index >= 15 is 0 Å². The van der Waals surface area contributed by atoms with Crippen molar-refractivity contribution in [1.82, 2.24) is 9.78 Å². The molecule has 18 heavy (non-hydrogen) atoms. The Labute approximate surface area is 106 Å². The highest BCUT2D eigenvalue weighted by Gasteiger charge is 2.23. The van der Waals surface area contributed by atoms with Crippen LogP contribution in [0.3, 0.4) is 0 Å². The van der Waals surface area contributed by atoms with Crippen molar-refractivity contribution >= 4 is 17.2 Å². The summed E-state index contributed by atoms with van der Waals surface area (Å²) in [5, 5.41) is 7.64. The molecule has 5 heteroatoms. The van der Waals surface area contributed by atoms with E-state index in [4.69, 9.17) is 11.5 Å². The van der Waals surface area contributed by atoms with Crippen LogP contribution in [0.15, 0.2) is 24.4 Å². The van der Waals surface area contributed by atoms with Crippen molar-refractivity contribution < 1.29 is 0 Å². The molecule has 0 radical (unpaired) electrons. The Morgan fingerprint density at radius 3 is 2.94 bits per heavy atom. The minimum atomic E-state index is 0.210. The van der Waals surface area contributed by atoms with E-state index in [-0.39, 0.29) is 6.04 Å². The molecule has 1 atom stereocenters. The van der Waals surface area contributed by atoms with E-state index in [9.17, 15) is 0 Å². The predicted molar refractivity (Wildman–Crippen MR) is 73.5 cm³/mol. The zero-order valence-electron chi connectivity index (χ0n) is 10.4. The van der Waals surface area contributed by atoms with E-state index in [2.05, 4.69) is 22.5 Å². The molecule has 5 nitrogen and oxygen atoms in total. The van der Waals surface area contributed by atoms with Gasteiger partial charge < -0.3 is 16.8 Å². The van der Waals surface area contributed by atoms with Gasteiger partial charge >= 0.3 is 0 Å². The zero-order chi connectivity index (χ0) is 12.7. The number of aryl methyl sites for hydroxylation is 1. The van der Waals surface area contributed by atoms with Gasteiger partial charge in [-0.05, 0) is 30.5 Å². The minimum Gasteiger partial charge on any atom is -0.399 e. The summed E-state index contributed by atoms with van der Waals surface area (Å²) >= 11 is 0. The number of nitrogens with one attached hydrogen (secondary N) is 1. The van der Waals surface area contributed by atoms with Gasteiger partial charge in [-0.25, -0.2) is 4.68 Å². The standard InChI is InChI=1S/C13H17N5/c1-8-2-3-9(6-10(8)14)12-4-5-16-13-11(15)7-17-18(12)13/h2-3,6-7,12,16H,4-5,14-15H2,1H3. The van der Waals surface area contributed by atoms with E-state index in [0.29, 0.717) is 5.69 Å². The van der Waals surface area contributed by atoms with Crippen LogP contribution in [0.25, 0.3) is 0 Å². The predicted octanol–water partition coefficient (Wildman–Crippen LogP) is 1.76. The third kappa shape index (κ3) is 1.59. The maximum Gasteiger partial charge on any atom is 0.148 e. The highest BCUT2D eigenvalue weighted by atomic mass is 15.4. The van der Waals surface area contributed by atoms with Crippen LogP contribution in [-0.2, 0) is 0 Å². The normalized spacial score (nSPS) is 18.2. The van der Waals surface area contributed by atoms with Crippen LogP contribution < -0.4 is 16.8 Å². The number of nitrogens with two attached hydrogens (primary N) is 2. The molecule has 0 bridgehead atoms. The van der Waals surface area contributed by atoms with Crippen molar-refractivity contribution in [3.8, 4) is 0 Å². The third-order valence-electron chi connectivity index (χ3n) is 3.52. The molecule has 0 spiro atoms. The Hall–Kier alpha value is -2.17. The second-order valence-corrected chi connectivity index (χ2v) is 4.74. The molecule has 2 heterocycles. The fourth-order valence-corrected chi connectivity index (χ4v) is 2.42. The zero-order valence-corrected chi connectivity index (χ0v) is 10.4. The molecular weight excluding hydrogens is 226 g/mol. The monoisotopic (exact) mass is 243 g/mol. The fraction of sp³-hybridized carbons (Fsp3) is 0.308. The van der Waals surface area contributed by atoms with Crippen LogP contribution in [-0.4, -0.2) is 16.3 Å². The van der Waals surface area contributed by atoms with Gasteiger partial charge in [0.15, 0.2) is 0 Å². The lowest BCUT2D eigenvalue weighted by atomic mass is 10.00. The average molecular weight is 243 g/mol. The molecule has 0 saturated carbocycles. The summed E-state index contributed by atoms with van der Waals surface area (Å²) in [6, 6.07) is 6.41. The molecule has 0 fully saturated rings. The Balaban J connectivity index is 2.05. The Morgan fingerprint density at radius 2 is 2.17 bits per heavy atom. The molecular formula is C13H17N5. The van der Waals surface area contributed by atoms with Gasteiger partial charge in [-0.1, -0.05) is 12.1 Å². The van der Waals surface area contributed by atoms with Crippen molar-refractivity contribution in [2.45, 2.75) is 19.4 Å². The summed E-state index contributed by atoms with van der Waals surface area (Å²) in [4.78, 5) is 0. The largest absolute Gasteiger partial charge is 0.399 e. The van der Waals surface area contributed by atoms with Crippen molar-refractivity contribution in [1.29, 1.82) is 0 Å². The molecule has 0 amide bonds. The first-order chi connectivity index (χ1) is 8.66. The Bertz CT molecular complexity index is 587. The van der Waals surface area contributed by atoms with Gasteiger partial charge in [-0.3, -0.25) is 0 Å². The lowest BCUT2D eigenvalue weighted by Gasteiger charge is -2.26. The molecule has 0 saturated heterocycles. The van der Waals surface area contributed by atoms with Crippen molar-refractivity contribution in [3.63, 3.8) is 0 Å². The lowest BCUT2D eigenvalue weighted by Crippen LogP contribution is -2.24. The van der Waals surface area contributed by atoms with Gasteiger partial charge in [-0.2, -0.15) is 5.10 Å². The van der Waals surface area contributed by atoms with E-state index in [1.807, 2.05) is 17.7 Å². The van der Waals surface area contributed by atoms with Crippen LogP contribution in [0.2, 0.25) is 0 Å². The minimum absolute atomic E-state index is 0.210. The Morgan fingerprint density at radius 1 is 1.33 bits per heavy atom. The first-order valence-electron chi connectivity index (χ1n) is 6.09. The topological polar surface area (TPSA) is 81.9 Å². The smallest absolute Gasteiger partial charge is 0.148 e. The first kappa shape index (κ1) is 11.0. The molecule has 1 unspecified atom stereocenters. The summed E-state index contributed by atoms with van der Waals surface area (Å²) < 4.78 is 1.95. The summed E-state index contributed by atoms with van der Waals surface area (Å²) in [5.41, 5.74) is 15.7. The molecule has 2 aromatic rings. The molecule has 3 rings (SSSR count). The molecule has 94 valence electrons. The average Bonchev–Trinajstić information content (AvgIpc) is 2.75. The number of benzene rings is 1. The maximum absolute atomic E-state index is 5.98. The Kier molecular flexibility index (Phi) is 2.40. The van der Waals surface area contributed by atoms with Crippen LogP contribution in [0.5, 0.6) is 0 Å². The van der Waals surface area contributed by atoms with Gasteiger partial charge in [0.2, 0.25) is 0 Å². The number of aromatic nitrogens is 2. The van der Waals surface area contributed by atoms with E-state index in [1.165, 1.54) is 5.56 Å². The van der Waals surface area contributed by atoms with Gasteiger partial charge in [0.05, 0.1) is 17.9 Å². The van der Waals surface area contributed by atoms with Crippen LogP contribution in [0, 0.1) is 6.92 Å². The highest BCUT2D eigenvalue weighted by Crippen LogP contribution is 2.33.